The molecule has 12 heteroatoms. The van der Waals surface area contributed by atoms with E-state index in [2.05, 4.69) is 68.1 Å². The lowest BCUT2D eigenvalue weighted by molar-refractivity contribution is 0.0231. The summed E-state index contributed by atoms with van der Waals surface area (Å²) >= 11 is 6.94. The Morgan fingerprint density at radius 1 is 1.00 bits per heavy atom. The number of halogens is 3. The zero-order chi connectivity index (χ0) is 39.5. The number of nitrogens with zero attached hydrogens (tertiary/aromatic N) is 4. The number of phenols is 1. The SMILES string of the molecule is CC(C)[Si](C#Cc1c(Cl)ccc2cc(O)cc(-c3c(F)cc4c(N5CC6CCC(C5)N6)nc(OCC5(CN6CCOCC6)CC5)nc4c3F)c12)(C(C)C)C(C)C. The third kappa shape index (κ3) is 7.25. The molecule has 4 fully saturated rings. The van der Waals surface area contributed by atoms with Crippen LogP contribution in [-0.2, 0) is 4.74 Å². The zero-order valence-corrected chi connectivity index (χ0v) is 35.2. The van der Waals surface area contributed by atoms with Crippen LogP contribution in [-0.4, -0.2) is 92.7 Å². The molecular weight excluding hydrogens is 748 g/mol. The number of nitrogens with one attached hydrogen (secondary N) is 1. The molecular formula is C44H54ClF2N5O3Si. The molecule has 0 spiro atoms. The van der Waals surface area contributed by atoms with E-state index in [4.69, 9.17) is 31.0 Å². The van der Waals surface area contributed by atoms with Gasteiger partial charge in [0.05, 0.1) is 36.0 Å². The van der Waals surface area contributed by atoms with Crippen LogP contribution >= 0.6 is 11.6 Å². The van der Waals surface area contributed by atoms with Gasteiger partial charge in [0.2, 0.25) is 0 Å². The van der Waals surface area contributed by atoms with Gasteiger partial charge in [0.1, 0.15) is 31.0 Å². The summed E-state index contributed by atoms with van der Waals surface area (Å²) in [4.78, 5) is 14.1. The van der Waals surface area contributed by atoms with E-state index in [1.807, 2.05) is 0 Å². The number of ether oxygens (including phenoxy) is 2. The van der Waals surface area contributed by atoms with Crippen molar-refractivity contribution in [2.75, 3.05) is 57.4 Å². The minimum absolute atomic E-state index is 0.0190. The molecule has 4 heterocycles. The molecule has 3 saturated heterocycles. The van der Waals surface area contributed by atoms with Crippen molar-refractivity contribution in [3.8, 4) is 34.4 Å². The Kier molecular flexibility index (Phi) is 10.8. The van der Waals surface area contributed by atoms with Crippen molar-refractivity contribution in [3.05, 3.63) is 52.6 Å². The fourth-order valence-corrected chi connectivity index (χ4v) is 15.4. The number of anilines is 1. The Morgan fingerprint density at radius 3 is 2.32 bits per heavy atom. The van der Waals surface area contributed by atoms with Gasteiger partial charge >= 0.3 is 6.01 Å². The lowest BCUT2D eigenvalue weighted by atomic mass is 9.92. The van der Waals surface area contributed by atoms with E-state index in [1.165, 1.54) is 12.1 Å². The molecule has 1 aliphatic carbocycles. The predicted octanol–water partition coefficient (Wildman–Crippen LogP) is 9.09. The summed E-state index contributed by atoms with van der Waals surface area (Å²) < 4.78 is 46.4. The average molecular weight is 802 g/mol. The Labute approximate surface area is 335 Å². The highest BCUT2D eigenvalue weighted by atomic mass is 35.5. The molecule has 8 rings (SSSR count). The van der Waals surface area contributed by atoms with Gasteiger partial charge in [0, 0.05) is 66.6 Å². The number of piperazine rings is 1. The van der Waals surface area contributed by atoms with Crippen molar-refractivity contribution in [2.45, 2.75) is 95.9 Å². The van der Waals surface area contributed by atoms with Gasteiger partial charge in [0.25, 0.3) is 0 Å². The smallest absolute Gasteiger partial charge is 0.319 e. The number of hydrogen-bond acceptors (Lipinski definition) is 8. The lowest BCUT2D eigenvalue weighted by Gasteiger charge is -2.38. The highest BCUT2D eigenvalue weighted by Crippen LogP contribution is 2.48. The van der Waals surface area contributed by atoms with Gasteiger partial charge in [-0.15, -0.1) is 5.54 Å². The Hall–Kier alpha value is -3.53. The third-order valence-electron chi connectivity index (χ3n) is 13.1. The van der Waals surface area contributed by atoms with Crippen LogP contribution in [0.2, 0.25) is 21.6 Å². The predicted molar refractivity (Wildman–Crippen MR) is 224 cm³/mol. The van der Waals surface area contributed by atoms with Gasteiger partial charge in [-0.3, -0.25) is 4.90 Å². The van der Waals surface area contributed by atoms with Crippen molar-refractivity contribution in [1.29, 1.82) is 0 Å². The summed E-state index contributed by atoms with van der Waals surface area (Å²) in [6.07, 6.45) is 4.14. The van der Waals surface area contributed by atoms with Gasteiger partial charge < -0.3 is 24.8 Å². The van der Waals surface area contributed by atoms with Crippen molar-refractivity contribution < 1.29 is 23.4 Å². The van der Waals surface area contributed by atoms with E-state index in [9.17, 15) is 5.11 Å². The second-order valence-corrected chi connectivity index (χ2v) is 23.6. The molecule has 1 saturated carbocycles. The van der Waals surface area contributed by atoms with E-state index in [0.29, 0.717) is 63.5 Å². The van der Waals surface area contributed by atoms with Crippen LogP contribution in [0.15, 0.2) is 30.3 Å². The number of aromatic hydroxyl groups is 1. The molecule has 2 atom stereocenters. The Morgan fingerprint density at radius 2 is 1.68 bits per heavy atom. The van der Waals surface area contributed by atoms with Gasteiger partial charge in [-0.05, 0) is 72.0 Å². The molecule has 4 aromatic rings. The number of phenolic OH excluding ortho intramolecular Hbond substituents is 1. The zero-order valence-electron chi connectivity index (χ0n) is 33.4. The minimum atomic E-state index is -2.22. The normalized spacial score (nSPS) is 21.0. The molecule has 298 valence electrons. The first-order chi connectivity index (χ1) is 26.8. The summed E-state index contributed by atoms with van der Waals surface area (Å²) in [6, 6.07) is 8.46. The first-order valence-corrected chi connectivity index (χ1v) is 23.0. The van der Waals surface area contributed by atoms with Gasteiger partial charge in [0.15, 0.2) is 5.82 Å². The fourth-order valence-electron chi connectivity index (χ4n) is 10.0. The topological polar surface area (TPSA) is 83.0 Å². The summed E-state index contributed by atoms with van der Waals surface area (Å²) in [7, 11) is -2.22. The van der Waals surface area contributed by atoms with Crippen molar-refractivity contribution in [2.24, 2.45) is 5.41 Å². The van der Waals surface area contributed by atoms with E-state index in [0.717, 1.165) is 58.5 Å². The van der Waals surface area contributed by atoms with Crippen LogP contribution in [0.25, 0.3) is 32.8 Å². The minimum Gasteiger partial charge on any atom is -0.508 e. The van der Waals surface area contributed by atoms with Crippen LogP contribution in [0.4, 0.5) is 14.6 Å². The summed E-state index contributed by atoms with van der Waals surface area (Å²) in [6.45, 7) is 19.3. The third-order valence-corrected chi connectivity index (χ3v) is 19.7. The van der Waals surface area contributed by atoms with Crippen LogP contribution in [0.1, 0.15) is 72.8 Å². The van der Waals surface area contributed by atoms with Gasteiger partial charge in [-0.2, -0.15) is 9.97 Å². The number of aromatic nitrogens is 2. The second-order valence-electron chi connectivity index (χ2n) is 17.7. The number of benzene rings is 3. The van der Waals surface area contributed by atoms with Crippen molar-refractivity contribution in [1.82, 2.24) is 20.2 Å². The average Bonchev–Trinajstić information content (AvgIpc) is 3.84. The summed E-state index contributed by atoms with van der Waals surface area (Å²) in [5.41, 5.74) is 5.17. The molecule has 0 radical (unpaired) electrons. The van der Waals surface area contributed by atoms with E-state index >= 15 is 8.78 Å². The van der Waals surface area contributed by atoms with Crippen molar-refractivity contribution >= 4 is 47.2 Å². The standard InChI is InChI=1S/C44H54ClF2N5O3Si/c1-26(2)56(27(3)4,28(5)6)18-11-33-36(45)10-7-29-19-32(53)20-34(38(29)33)39-37(46)21-35-41(40(39)47)49-43(50-42(35)52-22-30-8-9-31(23-52)48-30)55-25-44(12-13-44)24-51-14-16-54-17-15-51/h7,10,19-21,26-28,30-31,48,53H,8-9,12-17,22-25H2,1-6H3. The summed E-state index contributed by atoms with van der Waals surface area (Å²) in [5, 5.41) is 16.4. The molecule has 3 aromatic carbocycles. The largest absolute Gasteiger partial charge is 0.508 e. The Balaban J connectivity index is 1.27. The summed E-state index contributed by atoms with van der Waals surface area (Å²) in [5.74, 6) is 2.19. The van der Waals surface area contributed by atoms with E-state index in [-0.39, 0.29) is 51.3 Å². The van der Waals surface area contributed by atoms with E-state index in [1.54, 1.807) is 18.2 Å². The monoisotopic (exact) mass is 801 g/mol. The Bertz CT molecular complexity index is 2180. The highest BCUT2D eigenvalue weighted by molar-refractivity contribution is 6.90. The first-order valence-electron chi connectivity index (χ1n) is 20.4. The second kappa shape index (κ2) is 15.3. The molecule has 2 bridgehead atoms. The molecule has 1 aromatic heterocycles. The van der Waals surface area contributed by atoms with E-state index < -0.39 is 19.7 Å². The first kappa shape index (κ1) is 39.3. The quantitative estimate of drug-likeness (QED) is 0.122. The number of fused-ring (bicyclic) bond motifs is 4. The maximum Gasteiger partial charge on any atom is 0.319 e. The van der Waals surface area contributed by atoms with Gasteiger partial charge in [-0.1, -0.05) is 65.1 Å². The lowest BCUT2D eigenvalue weighted by Crippen LogP contribution is -2.51. The number of hydrogen-bond donors (Lipinski definition) is 2. The van der Waals surface area contributed by atoms with Crippen LogP contribution < -0.4 is 15.0 Å². The van der Waals surface area contributed by atoms with Crippen LogP contribution in [0.5, 0.6) is 11.8 Å². The number of rotatable bonds is 10. The molecule has 2 unspecified atom stereocenters. The molecule has 4 aliphatic rings. The fraction of sp³-hybridized carbons (Fsp3) is 0.545. The highest BCUT2D eigenvalue weighted by Gasteiger charge is 2.45. The molecule has 0 amide bonds. The number of morpholine rings is 1. The molecule has 8 nitrogen and oxygen atoms in total. The van der Waals surface area contributed by atoms with Crippen LogP contribution in [0.3, 0.4) is 0 Å². The molecule has 3 aliphatic heterocycles. The van der Waals surface area contributed by atoms with Gasteiger partial charge in [-0.25, -0.2) is 8.78 Å². The van der Waals surface area contributed by atoms with Crippen LogP contribution in [0, 0.1) is 28.5 Å². The molecule has 56 heavy (non-hydrogen) atoms. The van der Waals surface area contributed by atoms with Crippen molar-refractivity contribution in [3.63, 3.8) is 0 Å². The maximum atomic E-state index is 17.5. The maximum absolute atomic E-state index is 17.5. The molecule has 2 N–H and O–H groups in total.